The molecule has 0 fully saturated rings. The monoisotopic (exact) mass is 378 g/mol. The number of hydrogen-bond donors (Lipinski definition) is 0. The second kappa shape index (κ2) is 7.80. The molecule has 8 heteroatoms. The molecule has 3 aromatic rings. The first-order valence-electron chi connectivity index (χ1n) is 8.51. The number of nitrogens with zero attached hydrogens (tertiary/aromatic N) is 4. The third-order valence-corrected chi connectivity index (χ3v) is 4.32. The fraction of sp³-hybridized carbons (Fsp3) is 0.200. The van der Waals surface area contributed by atoms with Crippen LogP contribution in [0.1, 0.15) is 18.3 Å². The van der Waals surface area contributed by atoms with E-state index < -0.39 is 4.92 Å². The fourth-order valence-electron chi connectivity index (χ4n) is 3.10. The van der Waals surface area contributed by atoms with Crippen molar-refractivity contribution in [1.29, 1.82) is 5.26 Å². The quantitative estimate of drug-likeness (QED) is 0.364. The Morgan fingerprint density at radius 3 is 2.68 bits per heavy atom. The maximum atomic E-state index is 11.4. The van der Waals surface area contributed by atoms with Crippen LogP contribution in [0, 0.1) is 21.4 Å². The minimum atomic E-state index is -0.550. The van der Waals surface area contributed by atoms with E-state index in [2.05, 4.69) is 11.1 Å². The van der Waals surface area contributed by atoms with Gasteiger partial charge >= 0.3 is 5.69 Å². The summed E-state index contributed by atoms with van der Waals surface area (Å²) in [5, 5.41) is 21.1. The van der Waals surface area contributed by atoms with Gasteiger partial charge in [-0.1, -0.05) is 12.1 Å². The number of methoxy groups -OCH3 is 2. The molecule has 142 valence electrons. The van der Waals surface area contributed by atoms with Gasteiger partial charge in [-0.05, 0) is 36.8 Å². The fourth-order valence-corrected chi connectivity index (χ4v) is 3.10. The topological polar surface area (TPSA) is 103 Å². The summed E-state index contributed by atoms with van der Waals surface area (Å²) in [6.07, 6.45) is 1.56. The molecule has 0 aliphatic rings. The lowest BCUT2D eigenvalue weighted by atomic mass is 10.1. The van der Waals surface area contributed by atoms with Gasteiger partial charge in [-0.25, -0.2) is 4.98 Å². The predicted molar refractivity (Wildman–Crippen MR) is 105 cm³/mol. The number of benzene rings is 2. The molecule has 28 heavy (non-hydrogen) atoms. The molecule has 0 atom stereocenters. The summed E-state index contributed by atoms with van der Waals surface area (Å²) in [7, 11) is 2.74. The summed E-state index contributed by atoms with van der Waals surface area (Å²) in [6, 6.07) is 12.7. The van der Waals surface area contributed by atoms with E-state index in [0.717, 1.165) is 11.0 Å². The van der Waals surface area contributed by atoms with Crippen LogP contribution in [0.5, 0.6) is 11.5 Å². The molecule has 0 saturated heterocycles. The van der Waals surface area contributed by atoms with Crippen molar-refractivity contribution in [3.8, 4) is 17.6 Å². The molecule has 1 heterocycles. The Morgan fingerprint density at radius 1 is 1.32 bits per heavy atom. The number of nitro benzene ring substituents is 1. The minimum absolute atomic E-state index is 0.0314. The second-order valence-corrected chi connectivity index (χ2v) is 5.87. The number of para-hydroxylation sites is 2. The first-order valence-corrected chi connectivity index (χ1v) is 8.51. The largest absolute Gasteiger partial charge is 0.493 e. The predicted octanol–water partition coefficient (Wildman–Crippen LogP) is 4.05. The van der Waals surface area contributed by atoms with E-state index in [1.54, 1.807) is 12.1 Å². The second-order valence-electron chi connectivity index (χ2n) is 5.87. The van der Waals surface area contributed by atoms with Gasteiger partial charge in [0.05, 0.1) is 35.7 Å². The van der Waals surface area contributed by atoms with Gasteiger partial charge in [0.2, 0.25) is 5.75 Å². The van der Waals surface area contributed by atoms with Crippen molar-refractivity contribution in [2.75, 3.05) is 14.2 Å². The summed E-state index contributed by atoms with van der Waals surface area (Å²) in [4.78, 5) is 15.4. The summed E-state index contributed by atoms with van der Waals surface area (Å²) >= 11 is 0. The Morgan fingerprint density at radius 2 is 2.07 bits per heavy atom. The molecule has 0 unspecified atom stereocenters. The van der Waals surface area contributed by atoms with Gasteiger partial charge in [-0.3, -0.25) is 10.1 Å². The molecular formula is C20H18N4O4. The summed E-state index contributed by atoms with van der Waals surface area (Å²) < 4.78 is 12.3. The van der Waals surface area contributed by atoms with E-state index in [4.69, 9.17) is 9.47 Å². The maximum Gasteiger partial charge on any atom is 0.315 e. The van der Waals surface area contributed by atoms with Gasteiger partial charge in [-0.2, -0.15) is 5.26 Å². The third kappa shape index (κ3) is 3.25. The maximum absolute atomic E-state index is 11.4. The van der Waals surface area contributed by atoms with Crippen LogP contribution in [0.25, 0.3) is 22.7 Å². The number of ether oxygens (including phenoxy) is 2. The number of fused-ring (bicyclic) bond motifs is 1. The SMILES string of the molecule is CCn1c(/C(C#N)=C\c2cc(OC)c(OC)c([N+](=O)[O-])c2)nc2ccccc21. The smallest absolute Gasteiger partial charge is 0.315 e. The van der Waals surface area contributed by atoms with Crippen LogP contribution >= 0.6 is 0 Å². The van der Waals surface area contributed by atoms with Crippen molar-refractivity contribution in [3.63, 3.8) is 0 Å². The van der Waals surface area contributed by atoms with E-state index in [0.29, 0.717) is 23.5 Å². The van der Waals surface area contributed by atoms with Crippen LogP contribution in [0.2, 0.25) is 0 Å². The number of rotatable bonds is 6. The van der Waals surface area contributed by atoms with Crippen LogP contribution in [-0.4, -0.2) is 28.7 Å². The molecule has 0 radical (unpaired) electrons. The van der Waals surface area contributed by atoms with Crippen LogP contribution in [0.4, 0.5) is 5.69 Å². The highest BCUT2D eigenvalue weighted by molar-refractivity contribution is 5.91. The normalized spacial score (nSPS) is 11.3. The van der Waals surface area contributed by atoms with Crippen LogP contribution in [0.3, 0.4) is 0 Å². The summed E-state index contributed by atoms with van der Waals surface area (Å²) in [5.41, 5.74) is 2.18. The zero-order valence-corrected chi connectivity index (χ0v) is 15.7. The number of allylic oxidation sites excluding steroid dienone is 1. The lowest BCUT2D eigenvalue weighted by Crippen LogP contribution is -2.01. The van der Waals surface area contributed by atoms with Crippen molar-refractivity contribution in [2.24, 2.45) is 0 Å². The Balaban J connectivity index is 2.21. The van der Waals surface area contributed by atoms with E-state index in [-0.39, 0.29) is 17.2 Å². The van der Waals surface area contributed by atoms with E-state index >= 15 is 0 Å². The van der Waals surface area contributed by atoms with Gasteiger partial charge in [0.1, 0.15) is 6.07 Å². The standard InChI is InChI=1S/C20H18N4O4/c1-4-23-16-8-6-5-7-15(16)22-20(23)14(12-21)9-13-10-17(24(25)26)19(28-3)18(11-13)27-2/h5-11H,4H2,1-3H3/b14-9-. The zero-order valence-electron chi connectivity index (χ0n) is 15.7. The molecule has 0 saturated carbocycles. The molecule has 0 spiro atoms. The Hall–Kier alpha value is -3.86. The third-order valence-electron chi connectivity index (χ3n) is 4.32. The van der Waals surface area contributed by atoms with Gasteiger partial charge in [0.25, 0.3) is 0 Å². The van der Waals surface area contributed by atoms with Crippen LogP contribution in [0.15, 0.2) is 36.4 Å². The molecular weight excluding hydrogens is 360 g/mol. The highest BCUT2D eigenvalue weighted by Crippen LogP contribution is 2.39. The van der Waals surface area contributed by atoms with E-state index in [1.165, 1.54) is 20.3 Å². The minimum Gasteiger partial charge on any atom is -0.493 e. The summed E-state index contributed by atoms with van der Waals surface area (Å²) in [5.74, 6) is 0.747. The summed E-state index contributed by atoms with van der Waals surface area (Å²) in [6.45, 7) is 2.59. The van der Waals surface area contributed by atoms with Crippen molar-refractivity contribution in [1.82, 2.24) is 9.55 Å². The number of imidazole rings is 1. The van der Waals surface area contributed by atoms with E-state index in [1.807, 2.05) is 35.8 Å². The van der Waals surface area contributed by atoms with Gasteiger partial charge < -0.3 is 14.0 Å². The van der Waals surface area contributed by atoms with Crippen molar-refractivity contribution < 1.29 is 14.4 Å². The average Bonchev–Trinajstić information content (AvgIpc) is 3.09. The first-order chi connectivity index (χ1) is 13.5. The van der Waals surface area contributed by atoms with Gasteiger partial charge in [0, 0.05) is 12.6 Å². The van der Waals surface area contributed by atoms with Crippen LogP contribution in [-0.2, 0) is 6.54 Å². The lowest BCUT2D eigenvalue weighted by molar-refractivity contribution is -0.385. The molecule has 1 aromatic heterocycles. The number of nitro groups is 1. The Labute approximate surface area is 161 Å². The number of nitriles is 1. The first kappa shape index (κ1) is 18.9. The average molecular weight is 378 g/mol. The Kier molecular flexibility index (Phi) is 5.27. The number of aryl methyl sites for hydroxylation is 1. The van der Waals surface area contributed by atoms with Crippen LogP contribution < -0.4 is 9.47 Å². The lowest BCUT2D eigenvalue weighted by Gasteiger charge is -2.09. The highest BCUT2D eigenvalue weighted by Gasteiger charge is 2.22. The van der Waals surface area contributed by atoms with E-state index in [9.17, 15) is 15.4 Å². The number of hydrogen-bond acceptors (Lipinski definition) is 6. The molecule has 0 bridgehead atoms. The molecule has 0 amide bonds. The molecule has 8 nitrogen and oxygen atoms in total. The zero-order chi connectivity index (χ0) is 20.3. The van der Waals surface area contributed by atoms with Gasteiger partial charge in [-0.15, -0.1) is 0 Å². The van der Waals surface area contributed by atoms with Crippen molar-refractivity contribution in [3.05, 3.63) is 57.9 Å². The molecule has 3 rings (SSSR count). The van der Waals surface area contributed by atoms with Crippen molar-refractivity contribution >= 4 is 28.4 Å². The molecule has 2 aromatic carbocycles. The Bertz CT molecular complexity index is 1130. The molecule has 0 N–H and O–H groups in total. The van der Waals surface area contributed by atoms with Gasteiger partial charge in [0.15, 0.2) is 11.6 Å². The highest BCUT2D eigenvalue weighted by atomic mass is 16.6. The van der Waals surface area contributed by atoms with Crippen molar-refractivity contribution in [2.45, 2.75) is 13.5 Å². The molecule has 0 aliphatic heterocycles. The molecule has 0 aliphatic carbocycles. The number of aromatic nitrogens is 2.